The van der Waals surface area contributed by atoms with Gasteiger partial charge >= 0.3 is 0 Å². The van der Waals surface area contributed by atoms with Crippen molar-refractivity contribution in [3.8, 4) is 0 Å². The molecule has 106 valence electrons. The van der Waals surface area contributed by atoms with E-state index in [-0.39, 0.29) is 0 Å². The molecule has 1 saturated heterocycles. The fraction of sp³-hybridized carbons (Fsp3) is 0.647. The van der Waals surface area contributed by atoms with Crippen molar-refractivity contribution in [2.75, 3.05) is 13.2 Å². The SMILES string of the molecule is CCNC(c1ccc(C)cc1C)C1CCOC1CC. The lowest BCUT2D eigenvalue weighted by Gasteiger charge is -2.29. The van der Waals surface area contributed by atoms with E-state index in [1.807, 2.05) is 0 Å². The van der Waals surface area contributed by atoms with E-state index in [1.165, 1.54) is 23.1 Å². The first kappa shape index (κ1) is 14.5. The van der Waals surface area contributed by atoms with Gasteiger partial charge in [-0.3, -0.25) is 0 Å². The van der Waals surface area contributed by atoms with Gasteiger partial charge in [0.15, 0.2) is 0 Å². The molecule has 0 aromatic heterocycles. The molecule has 2 rings (SSSR count). The second kappa shape index (κ2) is 6.53. The van der Waals surface area contributed by atoms with Crippen LogP contribution in [0.15, 0.2) is 18.2 Å². The highest BCUT2D eigenvalue weighted by Crippen LogP contribution is 2.36. The highest BCUT2D eigenvalue weighted by molar-refractivity contribution is 5.33. The van der Waals surface area contributed by atoms with Gasteiger partial charge in [-0.1, -0.05) is 37.6 Å². The molecule has 3 unspecified atom stereocenters. The normalized spacial score (nSPS) is 24.6. The van der Waals surface area contributed by atoms with Crippen LogP contribution in [0, 0.1) is 19.8 Å². The predicted octanol–water partition coefficient (Wildman–Crippen LogP) is 3.77. The number of hydrogen-bond acceptors (Lipinski definition) is 2. The monoisotopic (exact) mass is 261 g/mol. The molecule has 0 spiro atoms. The van der Waals surface area contributed by atoms with Crippen molar-refractivity contribution in [2.24, 2.45) is 5.92 Å². The largest absolute Gasteiger partial charge is 0.378 e. The van der Waals surface area contributed by atoms with Crippen molar-refractivity contribution in [1.82, 2.24) is 5.32 Å². The summed E-state index contributed by atoms with van der Waals surface area (Å²) in [7, 11) is 0. The Labute approximate surface area is 117 Å². The molecule has 0 bridgehead atoms. The van der Waals surface area contributed by atoms with E-state index in [0.29, 0.717) is 18.1 Å². The third-order valence-corrected chi connectivity index (χ3v) is 4.28. The van der Waals surface area contributed by atoms with E-state index in [2.05, 4.69) is 51.2 Å². The van der Waals surface area contributed by atoms with Crippen molar-refractivity contribution < 1.29 is 4.74 Å². The standard InChI is InChI=1S/C17H27NO/c1-5-16-15(9-10-19-16)17(18-6-2)14-8-7-12(3)11-13(14)4/h7-8,11,15-18H,5-6,9-10H2,1-4H3. The van der Waals surface area contributed by atoms with Crippen LogP contribution in [0.1, 0.15) is 49.4 Å². The molecular weight excluding hydrogens is 234 g/mol. The summed E-state index contributed by atoms with van der Waals surface area (Å²) in [6.45, 7) is 10.7. The van der Waals surface area contributed by atoms with Gasteiger partial charge in [0, 0.05) is 18.6 Å². The minimum absolute atomic E-state index is 0.407. The maximum atomic E-state index is 5.89. The van der Waals surface area contributed by atoms with Gasteiger partial charge in [-0.05, 0) is 44.4 Å². The Hall–Kier alpha value is -0.860. The van der Waals surface area contributed by atoms with Crippen LogP contribution in [0.5, 0.6) is 0 Å². The number of ether oxygens (including phenoxy) is 1. The number of hydrogen-bond donors (Lipinski definition) is 1. The number of aryl methyl sites for hydroxylation is 2. The molecule has 1 aromatic carbocycles. The van der Waals surface area contributed by atoms with E-state index in [1.54, 1.807) is 0 Å². The van der Waals surface area contributed by atoms with Crippen LogP contribution < -0.4 is 5.32 Å². The first-order valence-corrected chi connectivity index (χ1v) is 7.59. The Balaban J connectivity index is 2.28. The zero-order valence-corrected chi connectivity index (χ0v) is 12.7. The summed E-state index contributed by atoms with van der Waals surface area (Å²) in [6, 6.07) is 7.24. The van der Waals surface area contributed by atoms with Gasteiger partial charge in [-0.15, -0.1) is 0 Å². The van der Waals surface area contributed by atoms with Crippen LogP contribution >= 0.6 is 0 Å². The molecule has 0 saturated carbocycles. The second-order valence-corrected chi connectivity index (χ2v) is 5.67. The molecule has 3 atom stereocenters. The smallest absolute Gasteiger partial charge is 0.0619 e. The fourth-order valence-corrected chi connectivity index (χ4v) is 3.35. The van der Waals surface area contributed by atoms with Crippen molar-refractivity contribution in [3.05, 3.63) is 34.9 Å². The molecule has 1 aromatic rings. The molecule has 0 radical (unpaired) electrons. The van der Waals surface area contributed by atoms with Crippen LogP contribution in [-0.2, 0) is 4.74 Å². The second-order valence-electron chi connectivity index (χ2n) is 5.67. The summed E-state index contributed by atoms with van der Waals surface area (Å²) in [4.78, 5) is 0. The van der Waals surface area contributed by atoms with Crippen molar-refractivity contribution in [2.45, 2.75) is 52.7 Å². The van der Waals surface area contributed by atoms with Crippen LogP contribution in [-0.4, -0.2) is 19.3 Å². The maximum Gasteiger partial charge on any atom is 0.0619 e. The van der Waals surface area contributed by atoms with Gasteiger partial charge in [0.2, 0.25) is 0 Å². The van der Waals surface area contributed by atoms with E-state index < -0.39 is 0 Å². The predicted molar refractivity (Wildman–Crippen MR) is 80.5 cm³/mol. The molecule has 0 aliphatic carbocycles. The number of rotatable bonds is 5. The Kier molecular flexibility index (Phi) is 5.00. The maximum absolute atomic E-state index is 5.89. The third-order valence-electron chi connectivity index (χ3n) is 4.28. The molecule has 19 heavy (non-hydrogen) atoms. The fourth-order valence-electron chi connectivity index (χ4n) is 3.35. The van der Waals surface area contributed by atoms with Crippen molar-refractivity contribution >= 4 is 0 Å². The molecule has 1 aliphatic rings. The molecule has 1 fully saturated rings. The average Bonchev–Trinajstić information content (AvgIpc) is 2.85. The zero-order valence-electron chi connectivity index (χ0n) is 12.7. The number of nitrogens with one attached hydrogen (secondary N) is 1. The minimum atomic E-state index is 0.407. The van der Waals surface area contributed by atoms with Crippen molar-refractivity contribution in [1.29, 1.82) is 0 Å². The summed E-state index contributed by atoms with van der Waals surface area (Å²) in [5, 5.41) is 3.69. The lowest BCUT2D eigenvalue weighted by atomic mass is 9.84. The first-order chi connectivity index (χ1) is 9.17. The van der Waals surface area contributed by atoms with Crippen LogP contribution in [0.4, 0.5) is 0 Å². The summed E-state index contributed by atoms with van der Waals surface area (Å²) in [5.41, 5.74) is 4.18. The van der Waals surface area contributed by atoms with Crippen LogP contribution in [0.2, 0.25) is 0 Å². The Morgan fingerprint density at radius 1 is 1.32 bits per heavy atom. The summed E-state index contributed by atoms with van der Waals surface area (Å²) in [5.74, 6) is 0.603. The molecule has 1 aliphatic heterocycles. The van der Waals surface area contributed by atoms with Gasteiger partial charge in [-0.25, -0.2) is 0 Å². The Morgan fingerprint density at radius 2 is 2.11 bits per heavy atom. The molecular formula is C17H27NO. The quantitative estimate of drug-likeness (QED) is 0.871. The average molecular weight is 261 g/mol. The van der Waals surface area contributed by atoms with Gasteiger partial charge in [0.05, 0.1) is 6.10 Å². The highest BCUT2D eigenvalue weighted by Gasteiger charge is 2.34. The molecule has 0 amide bonds. The molecule has 2 heteroatoms. The van der Waals surface area contributed by atoms with E-state index >= 15 is 0 Å². The first-order valence-electron chi connectivity index (χ1n) is 7.59. The Bertz CT molecular complexity index is 416. The van der Waals surface area contributed by atoms with Gasteiger partial charge in [-0.2, -0.15) is 0 Å². The minimum Gasteiger partial charge on any atom is -0.378 e. The summed E-state index contributed by atoms with van der Waals surface area (Å²) in [6.07, 6.45) is 2.69. The molecule has 2 nitrogen and oxygen atoms in total. The van der Waals surface area contributed by atoms with Crippen LogP contribution in [0.3, 0.4) is 0 Å². The van der Waals surface area contributed by atoms with Crippen molar-refractivity contribution in [3.63, 3.8) is 0 Å². The Morgan fingerprint density at radius 3 is 2.74 bits per heavy atom. The van der Waals surface area contributed by atoms with E-state index in [0.717, 1.165) is 19.6 Å². The van der Waals surface area contributed by atoms with Gasteiger partial charge < -0.3 is 10.1 Å². The lowest BCUT2D eigenvalue weighted by Crippen LogP contribution is -2.33. The van der Waals surface area contributed by atoms with Crippen LogP contribution in [0.25, 0.3) is 0 Å². The summed E-state index contributed by atoms with van der Waals surface area (Å²) < 4.78 is 5.89. The molecule has 1 heterocycles. The third kappa shape index (κ3) is 3.18. The zero-order chi connectivity index (χ0) is 13.8. The molecule has 1 N–H and O–H groups in total. The number of benzene rings is 1. The van der Waals surface area contributed by atoms with Gasteiger partial charge in [0.1, 0.15) is 0 Å². The summed E-state index contributed by atoms with van der Waals surface area (Å²) >= 11 is 0. The topological polar surface area (TPSA) is 21.3 Å². The van der Waals surface area contributed by atoms with E-state index in [9.17, 15) is 0 Å². The lowest BCUT2D eigenvalue weighted by molar-refractivity contribution is 0.0775. The van der Waals surface area contributed by atoms with Gasteiger partial charge in [0.25, 0.3) is 0 Å². The highest BCUT2D eigenvalue weighted by atomic mass is 16.5. The van der Waals surface area contributed by atoms with E-state index in [4.69, 9.17) is 4.74 Å².